The molecular formula is C13H20N2S. The molecule has 0 aliphatic heterocycles. The molecule has 16 heavy (non-hydrogen) atoms. The quantitative estimate of drug-likeness (QED) is 0.644. The second kappa shape index (κ2) is 6.03. The highest BCUT2D eigenvalue weighted by Crippen LogP contribution is 2.23. The van der Waals surface area contributed by atoms with E-state index in [-0.39, 0.29) is 5.41 Å². The van der Waals surface area contributed by atoms with Crippen LogP contribution in [0.5, 0.6) is 0 Å². The summed E-state index contributed by atoms with van der Waals surface area (Å²) in [6.07, 6.45) is 0.770. The van der Waals surface area contributed by atoms with Crippen LogP contribution in [0.1, 0.15) is 38.4 Å². The number of aromatic nitrogens is 1. The summed E-state index contributed by atoms with van der Waals surface area (Å²) in [7, 11) is 0. The van der Waals surface area contributed by atoms with Crippen molar-refractivity contribution in [3.05, 3.63) is 16.1 Å². The lowest BCUT2D eigenvalue weighted by Crippen LogP contribution is -2.12. The first-order chi connectivity index (χ1) is 7.54. The van der Waals surface area contributed by atoms with Crippen molar-refractivity contribution in [2.45, 2.75) is 39.5 Å². The van der Waals surface area contributed by atoms with Crippen LogP contribution in [0.4, 0.5) is 0 Å². The van der Waals surface area contributed by atoms with Crippen LogP contribution < -0.4 is 5.32 Å². The molecule has 0 amide bonds. The summed E-state index contributed by atoms with van der Waals surface area (Å²) in [4.78, 5) is 4.59. The second-order valence-corrected chi connectivity index (χ2v) is 5.63. The summed E-state index contributed by atoms with van der Waals surface area (Å²) in [6.45, 7) is 10.4. The molecule has 1 aromatic rings. The Balaban J connectivity index is 2.49. The molecule has 0 unspecified atom stereocenters. The van der Waals surface area contributed by atoms with Gasteiger partial charge in [0.05, 0.1) is 18.7 Å². The van der Waals surface area contributed by atoms with Gasteiger partial charge in [0, 0.05) is 10.8 Å². The SMILES string of the molecule is CCNCC#CCc1nc(C(C)(C)C)cs1. The van der Waals surface area contributed by atoms with Gasteiger partial charge in [0.2, 0.25) is 0 Å². The average molecular weight is 236 g/mol. The number of hydrogen-bond donors (Lipinski definition) is 1. The predicted molar refractivity (Wildman–Crippen MR) is 70.8 cm³/mol. The number of nitrogens with zero attached hydrogens (tertiary/aromatic N) is 1. The number of rotatable bonds is 3. The summed E-state index contributed by atoms with van der Waals surface area (Å²) in [5, 5.41) is 6.43. The lowest BCUT2D eigenvalue weighted by atomic mass is 9.93. The van der Waals surface area contributed by atoms with Crippen LogP contribution in [0.25, 0.3) is 0 Å². The van der Waals surface area contributed by atoms with Crippen LogP contribution in [0, 0.1) is 11.8 Å². The molecule has 0 bridgehead atoms. The summed E-state index contributed by atoms with van der Waals surface area (Å²) >= 11 is 1.71. The van der Waals surface area contributed by atoms with Crippen molar-refractivity contribution in [2.75, 3.05) is 13.1 Å². The van der Waals surface area contributed by atoms with E-state index in [2.05, 4.69) is 55.2 Å². The van der Waals surface area contributed by atoms with Crippen molar-refractivity contribution in [1.29, 1.82) is 0 Å². The maximum absolute atomic E-state index is 4.59. The van der Waals surface area contributed by atoms with Crippen LogP contribution in [0.15, 0.2) is 5.38 Å². The van der Waals surface area contributed by atoms with Crippen molar-refractivity contribution < 1.29 is 0 Å². The van der Waals surface area contributed by atoms with Gasteiger partial charge < -0.3 is 5.32 Å². The van der Waals surface area contributed by atoms with Gasteiger partial charge in [-0.3, -0.25) is 0 Å². The molecule has 0 spiro atoms. The molecule has 2 nitrogen and oxygen atoms in total. The molecular weight excluding hydrogens is 216 g/mol. The lowest BCUT2D eigenvalue weighted by molar-refractivity contribution is 0.571. The molecule has 0 atom stereocenters. The summed E-state index contributed by atoms with van der Waals surface area (Å²) < 4.78 is 0. The summed E-state index contributed by atoms with van der Waals surface area (Å²) in [6, 6.07) is 0. The normalized spacial score (nSPS) is 11.0. The molecule has 0 aromatic carbocycles. The van der Waals surface area contributed by atoms with E-state index < -0.39 is 0 Å². The standard InChI is InChI=1S/C13H20N2S/c1-5-14-9-7-6-8-12-15-11(10-16-12)13(2,3)4/h10,14H,5,8-9H2,1-4H3. The minimum absolute atomic E-state index is 0.145. The van der Waals surface area contributed by atoms with Gasteiger partial charge >= 0.3 is 0 Å². The van der Waals surface area contributed by atoms with E-state index in [1.54, 1.807) is 11.3 Å². The van der Waals surface area contributed by atoms with E-state index >= 15 is 0 Å². The third kappa shape index (κ3) is 4.34. The fourth-order valence-electron chi connectivity index (χ4n) is 1.12. The first-order valence-electron chi connectivity index (χ1n) is 5.65. The molecule has 1 heterocycles. The van der Waals surface area contributed by atoms with E-state index in [4.69, 9.17) is 0 Å². The fraction of sp³-hybridized carbons (Fsp3) is 0.615. The molecule has 3 heteroatoms. The first-order valence-corrected chi connectivity index (χ1v) is 6.53. The van der Waals surface area contributed by atoms with Gasteiger partial charge in [-0.25, -0.2) is 4.98 Å². The van der Waals surface area contributed by atoms with Gasteiger partial charge in [-0.2, -0.15) is 0 Å². The van der Waals surface area contributed by atoms with Gasteiger partial charge in [0.1, 0.15) is 5.01 Å². The molecule has 0 aliphatic rings. The van der Waals surface area contributed by atoms with Crippen molar-refractivity contribution in [2.24, 2.45) is 0 Å². The maximum atomic E-state index is 4.59. The van der Waals surface area contributed by atoms with Crippen LogP contribution >= 0.6 is 11.3 Å². The first kappa shape index (κ1) is 13.2. The molecule has 1 rings (SSSR count). The molecule has 1 N–H and O–H groups in total. The van der Waals surface area contributed by atoms with Crippen LogP contribution in [-0.4, -0.2) is 18.1 Å². The number of thiazole rings is 1. The second-order valence-electron chi connectivity index (χ2n) is 4.69. The van der Waals surface area contributed by atoms with E-state index in [9.17, 15) is 0 Å². The van der Waals surface area contributed by atoms with Gasteiger partial charge in [0.15, 0.2) is 0 Å². The Labute approximate surface area is 102 Å². The minimum Gasteiger partial charge on any atom is -0.307 e. The van der Waals surface area contributed by atoms with Gasteiger partial charge in [-0.05, 0) is 6.54 Å². The minimum atomic E-state index is 0.145. The van der Waals surface area contributed by atoms with Crippen molar-refractivity contribution in [3.8, 4) is 11.8 Å². The van der Waals surface area contributed by atoms with E-state index in [0.717, 1.165) is 24.5 Å². The van der Waals surface area contributed by atoms with Gasteiger partial charge in [-0.15, -0.1) is 11.3 Å². The third-order valence-electron chi connectivity index (χ3n) is 2.15. The third-order valence-corrected chi connectivity index (χ3v) is 3.00. The van der Waals surface area contributed by atoms with E-state index in [1.807, 2.05) is 0 Å². The monoisotopic (exact) mass is 236 g/mol. The van der Waals surface area contributed by atoms with E-state index in [0.29, 0.717) is 0 Å². The van der Waals surface area contributed by atoms with Gasteiger partial charge in [0.25, 0.3) is 0 Å². The Hall–Kier alpha value is -0.850. The summed E-state index contributed by atoms with van der Waals surface area (Å²) in [5.74, 6) is 6.23. The Bertz CT molecular complexity index is 377. The Morgan fingerprint density at radius 2 is 2.12 bits per heavy atom. The molecule has 0 saturated carbocycles. The average Bonchev–Trinajstić information content (AvgIpc) is 2.65. The zero-order valence-electron chi connectivity index (χ0n) is 10.6. The highest BCUT2D eigenvalue weighted by molar-refractivity contribution is 7.09. The van der Waals surface area contributed by atoms with Crippen molar-refractivity contribution in [1.82, 2.24) is 10.3 Å². The molecule has 1 aromatic heterocycles. The maximum Gasteiger partial charge on any atom is 0.105 e. The highest BCUT2D eigenvalue weighted by Gasteiger charge is 2.16. The van der Waals surface area contributed by atoms with Crippen molar-refractivity contribution >= 4 is 11.3 Å². The zero-order chi connectivity index (χ0) is 12.0. The van der Waals surface area contributed by atoms with Gasteiger partial charge in [-0.1, -0.05) is 39.5 Å². The lowest BCUT2D eigenvalue weighted by Gasteiger charge is -2.14. The molecule has 0 radical (unpaired) electrons. The van der Waals surface area contributed by atoms with E-state index in [1.165, 1.54) is 5.69 Å². The Morgan fingerprint density at radius 1 is 1.38 bits per heavy atom. The molecule has 88 valence electrons. The molecule has 0 fully saturated rings. The predicted octanol–water partition coefficient (Wildman–Crippen LogP) is 2.60. The highest BCUT2D eigenvalue weighted by atomic mass is 32.1. The van der Waals surface area contributed by atoms with Crippen LogP contribution in [-0.2, 0) is 11.8 Å². The Morgan fingerprint density at radius 3 is 2.69 bits per heavy atom. The largest absolute Gasteiger partial charge is 0.307 e. The number of hydrogen-bond acceptors (Lipinski definition) is 3. The fourth-order valence-corrected chi connectivity index (χ4v) is 2.09. The van der Waals surface area contributed by atoms with Crippen molar-refractivity contribution in [3.63, 3.8) is 0 Å². The topological polar surface area (TPSA) is 24.9 Å². The summed E-state index contributed by atoms with van der Waals surface area (Å²) in [5.41, 5.74) is 1.31. The molecule has 0 aliphatic carbocycles. The zero-order valence-corrected chi connectivity index (χ0v) is 11.4. The number of nitrogens with one attached hydrogen (secondary N) is 1. The Kier molecular flexibility index (Phi) is 4.98. The smallest absolute Gasteiger partial charge is 0.105 e. The van der Waals surface area contributed by atoms with Crippen LogP contribution in [0.2, 0.25) is 0 Å². The molecule has 0 saturated heterocycles. The van der Waals surface area contributed by atoms with Crippen LogP contribution in [0.3, 0.4) is 0 Å².